The molecule has 0 spiro atoms. The predicted molar refractivity (Wildman–Crippen MR) is 300 cm³/mol. The fraction of sp³-hybridized carbons (Fsp3) is 0.155. The molecule has 0 saturated heterocycles. The Bertz CT molecular complexity index is 3510. The van der Waals surface area contributed by atoms with E-state index in [2.05, 4.69) is 260 Å². The molecule has 0 aliphatic heterocycles. The minimum absolute atomic E-state index is 0.569. The molecule has 0 unspecified atom stereocenters. The molecule has 4 saturated carbocycles. The Morgan fingerprint density at radius 2 is 0.750 bits per heavy atom. The van der Waals surface area contributed by atoms with Crippen LogP contribution in [0.1, 0.15) is 65.8 Å². The molecule has 4 fully saturated rings. The van der Waals surface area contributed by atoms with Gasteiger partial charge >= 0.3 is 0 Å². The van der Waals surface area contributed by atoms with E-state index in [9.17, 15) is 0 Å². The summed E-state index contributed by atoms with van der Waals surface area (Å²) in [5.41, 5.74) is 21.7. The fourth-order valence-corrected chi connectivity index (χ4v) is 14.7. The lowest BCUT2D eigenvalue weighted by molar-refractivity contribution is -0.00277. The number of hydrogen-bond acceptors (Lipinski definition) is 1. The van der Waals surface area contributed by atoms with E-state index < -0.39 is 5.41 Å². The third-order valence-electron chi connectivity index (χ3n) is 17.3. The van der Waals surface area contributed by atoms with E-state index in [0.29, 0.717) is 5.92 Å². The zero-order chi connectivity index (χ0) is 47.6. The summed E-state index contributed by atoms with van der Waals surface area (Å²) in [4.78, 5) is 2.61. The molecule has 346 valence electrons. The van der Waals surface area contributed by atoms with Gasteiger partial charge in [-0.25, -0.2) is 0 Å². The first kappa shape index (κ1) is 42.8. The highest BCUT2D eigenvalue weighted by atomic mass is 15.1. The summed E-state index contributed by atoms with van der Waals surface area (Å²) < 4.78 is 0. The van der Waals surface area contributed by atoms with Crippen molar-refractivity contribution >= 4 is 17.1 Å². The molecule has 0 aromatic heterocycles. The monoisotopic (exact) mass is 923 g/mol. The van der Waals surface area contributed by atoms with E-state index in [-0.39, 0.29) is 0 Å². The van der Waals surface area contributed by atoms with Crippen molar-refractivity contribution in [3.05, 3.63) is 283 Å². The van der Waals surface area contributed by atoms with Gasteiger partial charge in [0.15, 0.2) is 0 Å². The summed E-state index contributed by atoms with van der Waals surface area (Å²) in [6, 6.07) is 95.8. The lowest BCUT2D eigenvalue weighted by atomic mass is 9.51. The topological polar surface area (TPSA) is 3.24 Å². The van der Waals surface area contributed by atoms with Gasteiger partial charge in [-0.05, 0) is 164 Å². The van der Waals surface area contributed by atoms with Gasteiger partial charge in [-0.3, -0.25) is 0 Å². The Hall–Kier alpha value is -8.00. The molecule has 72 heavy (non-hydrogen) atoms. The van der Waals surface area contributed by atoms with Crippen molar-refractivity contribution in [1.29, 1.82) is 0 Å². The quantitative estimate of drug-likeness (QED) is 0.132. The van der Waals surface area contributed by atoms with Crippen LogP contribution in [0.25, 0.3) is 55.6 Å². The third kappa shape index (κ3) is 6.96. The molecular weight excluding hydrogens is 867 g/mol. The second kappa shape index (κ2) is 17.7. The van der Waals surface area contributed by atoms with E-state index >= 15 is 0 Å². The Kier molecular flexibility index (Phi) is 10.5. The summed E-state index contributed by atoms with van der Waals surface area (Å²) in [5, 5.41) is 0. The van der Waals surface area contributed by atoms with Crippen molar-refractivity contribution in [2.24, 2.45) is 23.7 Å². The van der Waals surface area contributed by atoms with Crippen molar-refractivity contribution in [2.45, 2.75) is 43.4 Å². The first-order valence-corrected chi connectivity index (χ1v) is 26.4. The molecule has 4 bridgehead atoms. The summed E-state index contributed by atoms with van der Waals surface area (Å²) in [7, 11) is 0. The van der Waals surface area contributed by atoms with Crippen LogP contribution in [0, 0.1) is 23.7 Å². The Morgan fingerprint density at radius 3 is 1.33 bits per heavy atom. The van der Waals surface area contributed by atoms with E-state index in [0.717, 1.165) is 40.7 Å². The molecule has 0 amide bonds. The van der Waals surface area contributed by atoms with E-state index in [4.69, 9.17) is 0 Å². The molecule has 0 N–H and O–H groups in total. The Morgan fingerprint density at radius 1 is 0.306 bits per heavy atom. The minimum Gasteiger partial charge on any atom is -0.309 e. The van der Waals surface area contributed by atoms with Crippen molar-refractivity contribution in [3.63, 3.8) is 0 Å². The second-order valence-corrected chi connectivity index (χ2v) is 21.2. The molecule has 5 aliphatic rings. The summed E-state index contributed by atoms with van der Waals surface area (Å²) in [6.45, 7) is 0. The van der Waals surface area contributed by atoms with Gasteiger partial charge in [-0.1, -0.05) is 224 Å². The zero-order valence-corrected chi connectivity index (χ0v) is 40.6. The van der Waals surface area contributed by atoms with Crippen molar-refractivity contribution in [3.8, 4) is 55.6 Å². The molecule has 1 nitrogen and oxygen atoms in total. The van der Waals surface area contributed by atoms with Gasteiger partial charge in [0, 0.05) is 16.8 Å². The zero-order valence-electron chi connectivity index (χ0n) is 40.6. The Balaban J connectivity index is 1.04. The molecule has 0 radical (unpaired) electrons. The molecule has 15 rings (SSSR count). The molecule has 10 aromatic rings. The first-order valence-electron chi connectivity index (χ1n) is 26.4. The first-order chi connectivity index (χ1) is 35.7. The van der Waals surface area contributed by atoms with Crippen molar-refractivity contribution in [2.75, 3.05) is 4.90 Å². The summed E-state index contributed by atoms with van der Waals surface area (Å²) in [5.74, 6) is 4.16. The van der Waals surface area contributed by atoms with Gasteiger partial charge in [0.1, 0.15) is 0 Å². The van der Waals surface area contributed by atoms with Crippen molar-refractivity contribution < 1.29 is 0 Å². The Labute approximate surface area is 425 Å². The van der Waals surface area contributed by atoms with Gasteiger partial charge in [0.05, 0.1) is 16.8 Å². The molecule has 0 heterocycles. The highest BCUT2D eigenvalue weighted by Crippen LogP contribution is 2.62. The maximum Gasteiger partial charge on any atom is 0.0714 e. The molecule has 0 atom stereocenters. The SMILES string of the molecule is c1ccc(-c2ccccc2-c2ccccc2-c2ccccc2N(c2ccc(C3C4CC5CC(C4)CC3C5)cc2)c2cc3c(cc2-c2ccccc2)-c2ccccc2C3(c2ccccc2)c2ccccc2)cc1. The van der Waals surface area contributed by atoms with Gasteiger partial charge in [0.2, 0.25) is 0 Å². The number of fused-ring (bicyclic) bond motifs is 3. The number of rotatable bonds is 10. The number of para-hydroxylation sites is 1. The number of anilines is 3. The summed E-state index contributed by atoms with van der Waals surface area (Å²) in [6.07, 6.45) is 7.12. The third-order valence-corrected chi connectivity index (χ3v) is 17.3. The van der Waals surface area contributed by atoms with Gasteiger partial charge in [-0.2, -0.15) is 0 Å². The normalized spacial score (nSPS) is 19.9. The highest BCUT2D eigenvalue weighted by molar-refractivity contribution is 6.01. The fourth-order valence-electron chi connectivity index (χ4n) is 14.7. The van der Waals surface area contributed by atoms with Crippen LogP contribution < -0.4 is 4.90 Å². The maximum absolute atomic E-state index is 2.61. The molecule has 10 aromatic carbocycles. The van der Waals surface area contributed by atoms with Crippen LogP contribution in [-0.4, -0.2) is 0 Å². The summed E-state index contributed by atoms with van der Waals surface area (Å²) >= 11 is 0. The van der Waals surface area contributed by atoms with Crippen LogP contribution in [0.4, 0.5) is 17.1 Å². The average molecular weight is 924 g/mol. The van der Waals surface area contributed by atoms with Crippen LogP contribution >= 0.6 is 0 Å². The molecule has 1 heteroatoms. The van der Waals surface area contributed by atoms with E-state index in [1.54, 1.807) is 0 Å². The maximum atomic E-state index is 2.61. The van der Waals surface area contributed by atoms with Gasteiger partial charge < -0.3 is 4.90 Å². The van der Waals surface area contributed by atoms with Crippen LogP contribution in [-0.2, 0) is 5.41 Å². The number of benzene rings is 10. The van der Waals surface area contributed by atoms with Crippen LogP contribution in [0.3, 0.4) is 0 Å². The van der Waals surface area contributed by atoms with Crippen LogP contribution in [0.2, 0.25) is 0 Å². The van der Waals surface area contributed by atoms with E-state index in [1.807, 2.05) is 0 Å². The highest BCUT2D eigenvalue weighted by Gasteiger charge is 2.49. The van der Waals surface area contributed by atoms with Crippen LogP contribution in [0.15, 0.2) is 255 Å². The number of nitrogens with zero attached hydrogens (tertiary/aromatic N) is 1. The van der Waals surface area contributed by atoms with E-state index in [1.165, 1.54) is 116 Å². The predicted octanol–water partition coefficient (Wildman–Crippen LogP) is 18.7. The smallest absolute Gasteiger partial charge is 0.0714 e. The largest absolute Gasteiger partial charge is 0.309 e. The number of hydrogen-bond donors (Lipinski definition) is 0. The molecule has 5 aliphatic carbocycles. The van der Waals surface area contributed by atoms with Gasteiger partial charge in [0.25, 0.3) is 0 Å². The average Bonchev–Trinajstić information content (AvgIpc) is 3.74. The van der Waals surface area contributed by atoms with Gasteiger partial charge in [-0.15, -0.1) is 0 Å². The minimum atomic E-state index is -0.569. The second-order valence-electron chi connectivity index (χ2n) is 21.2. The standard InChI is InChI=1S/C71H57N/c1-5-21-50(22-6-1)58-29-13-14-30-59(58)60-31-15-16-32-61(60)63-34-18-20-36-68(63)72(57-39-37-52(38-40-57)70-53-42-48-41-49(44-53)45-54(70)43-48)69-47-67-65(46-64(69)51-23-7-2-8-24-51)62-33-17-19-35-66(62)71(67,55-25-9-3-10-26-55)56-27-11-4-12-28-56/h1-40,46-49,53-54,70H,41-45H2. The van der Waals surface area contributed by atoms with Crippen molar-refractivity contribution in [1.82, 2.24) is 0 Å². The lowest BCUT2D eigenvalue weighted by Crippen LogP contribution is -2.43. The van der Waals surface area contributed by atoms with Crippen LogP contribution in [0.5, 0.6) is 0 Å². The molecular formula is C71H57N. The lowest BCUT2D eigenvalue weighted by Gasteiger charge is -2.54.